The minimum atomic E-state index is -0.0321. The molecule has 2 atom stereocenters. The molecule has 0 saturated carbocycles. The van der Waals surface area contributed by atoms with Crippen LogP contribution in [-0.2, 0) is 0 Å². The van der Waals surface area contributed by atoms with Gasteiger partial charge < -0.3 is 20.6 Å². The molecule has 3 aromatic heterocycles. The molecule has 0 spiro atoms. The Hall–Kier alpha value is -3.45. The summed E-state index contributed by atoms with van der Waals surface area (Å²) >= 11 is 1.52. The first kappa shape index (κ1) is 20.8. The summed E-state index contributed by atoms with van der Waals surface area (Å²) in [7, 11) is 0. The Balaban J connectivity index is 1.50. The van der Waals surface area contributed by atoms with Crippen LogP contribution in [0.1, 0.15) is 18.5 Å². The molecule has 0 aromatic carbocycles. The smallest absolute Gasteiger partial charge is 0.189 e. The van der Waals surface area contributed by atoms with E-state index in [1.807, 2.05) is 18.4 Å². The van der Waals surface area contributed by atoms with Crippen molar-refractivity contribution in [2.45, 2.75) is 24.0 Å². The Morgan fingerprint density at radius 3 is 3.16 bits per heavy atom. The van der Waals surface area contributed by atoms with E-state index in [4.69, 9.17) is 5.41 Å². The van der Waals surface area contributed by atoms with Crippen molar-refractivity contribution >= 4 is 40.4 Å². The molecule has 1 aliphatic rings. The molecule has 0 aliphatic carbocycles. The Morgan fingerprint density at radius 2 is 2.35 bits per heavy atom. The molecule has 3 aromatic rings. The van der Waals surface area contributed by atoms with E-state index in [9.17, 15) is 5.26 Å². The van der Waals surface area contributed by atoms with Gasteiger partial charge in [-0.3, -0.25) is 0 Å². The third-order valence-electron chi connectivity index (χ3n) is 5.47. The van der Waals surface area contributed by atoms with Crippen LogP contribution in [0.25, 0.3) is 16.6 Å². The average Bonchev–Trinajstić information content (AvgIpc) is 3.49. The number of nitrogens with zero attached hydrogens (tertiary/aromatic N) is 6. The van der Waals surface area contributed by atoms with Crippen LogP contribution < -0.4 is 10.2 Å². The van der Waals surface area contributed by atoms with Crippen LogP contribution in [0.15, 0.2) is 42.2 Å². The Morgan fingerprint density at radius 1 is 1.45 bits per heavy atom. The van der Waals surface area contributed by atoms with Crippen LogP contribution in [0, 0.1) is 22.7 Å². The highest BCUT2D eigenvalue weighted by Crippen LogP contribution is 2.27. The SMILES string of the molecule is CSc1nccc(N2CCC(C(CC#N)N/C=C(\C=N)c3ncnc4[nH]ccc34)C2)n1. The molecule has 3 N–H and O–H groups in total. The molecular formula is C21H23N9S. The maximum Gasteiger partial charge on any atom is 0.189 e. The summed E-state index contributed by atoms with van der Waals surface area (Å²) < 4.78 is 0. The number of thioether (sulfide) groups is 1. The summed E-state index contributed by atoms with van der Waals surface area (Å²) in [6, 6.07) is 6.09. The van der Waals surface area contributed by atoms with E-state index >= 15 is 0 Å². The highest BCUT2D eigenvalue weighted by molar-refractivity contribution is 7.98. The first-order valence-electron chi connectivity index (χ1n) is 9.97. The number of aromatic amines is 1. The number of allylic oxidation sites excluding steroid dienone is 1. The van der Waals surface area contributed by atoms with Crippen LogP contribution in [0.2, 0.25) is 0 Å². The standard InChI is InChI=1S/C21H23N9S/c1-31-21-25-8-4-18(29-21)30-9-5-14(12-30)17(2-6-22)26-11-15(10-23)19-16-3-7-24-20(16)28-13-27-19/h3-4,7-8,10-11,13-14,17,23,26H,2,5,9,12H2,1H3,(H,24,27,28)/b15-11+,23-10?. The minimum Gasteiger partial charge on any atom is -0.386 e. The van der Waals surface area contributed by atoms with Gasteiger partial charge in [-0.1, -0.05) is 11.8 Å². The molecule has 4 heterocycles. The van der Waals surface area contributed by atoms with Crippen LogP contribution >= 0.6 is 11.8 Å². The number of nitriles is 1. The summed E-state index contributed by atoms with van der Waals surface area (Å²) in [5, 5.41) is 22.3. The minimum absolute atomic E-state index is 0.0321. The maximum absolute atomic E-state index is 9.38. The topological polar surface area (TPSA) is 130 Å². The Kier molecular flexibility index (Phi) is 6.43. The van der Waals surface area contributed by atoms with Crippen molar-refractivity contribution in [1.29, 1.82) is 10.7 Å². The van der Waals surface area contributed by atoms with Gasteiger partial charge >= 0.3 is 0 Å². The van der Waals surface area contributed by atoms with E-state index < -0.39 is 0 Å². The van der Waals surface area contributed by atoms with Gasteiger partial charge in [0.05, 0.1) is 18.2 Å². The van der Waals surface area contributed by atoms with Gasteiger partial charge in [0, 0.05) is 54.9 Å². The van der Waals surface area contributed by atoms with E-state index in [0.717, 1.165) is 41.5 Å². The summed E-state index contributed by atoms with van der Waals surface area (Å²) in [5.74, 6) is 1.21. The molecule has 4 rings (SSSR count). The Bertz CT molecular complexity index is 1130. The number of H-pyrrole nitrogens is 1. The van der Waals surface area contributed by atoms with E-state index in [2.05, 4.69) is 41.2 Å². The quantitative estimate of drug-likeness (QED) is 0.281. The number of anilines is 1. The molecule has 158 valence electrons. The van der Waals surface area contributed by atoms with Gasteiger partial charge in [-0.2, -0.15) is 5.26 Å². The number of nitrogens with one attached hydrogen (secondary N) is 3. The predicted molar refractivity (Wildman–Crippen MR) is 122 cm³/mol. The van der Waals surface area contributed by atoms with Crippen LogP contribution in [0.4, 0.5) is 5.82 Å². The van der Waals surface area contributed by atoms with E-state index in [0.29, 0.717) is 17.7 Å². The first-order valence-corrected chi connectivity index (χ1v) is 11.2. The summed E-state index contributed by atoms with van der Waals surface area (Å²) in [6.45, 7) is 1.70. The Labute approximate surface area is 184 Å². The van der Waals surface area contributed by atoms with Gasteiger partial charge in [0.2, 0.25) is 0 Å². The summed E-state index contributed by atoms with van der Waals surface area (Å²) in [4.78, 5) is 22.7. The molecule has 10 heteroatoms. The lowest BCUT2D eigenvalue weighted by Gasteiger charge is -2.23. The fraction of sp³-hybridized carbons (Fsp3) is 0.333. The molecule has 0 amide bonds. The van der Waals surface area contributed by atoms with Crippen molar-refractivity contribution in [3.63, 3.8) is 0 Å². The molecule has 0 bridgehead atoms. The molecule has 0 radical (unpaired) electrons. The van der Waals surface area contributed by atoms with Crippen LogP contribution in [0.3, 0.4) is 0 Å². The number of aromatic nitrogens is 5. The van der Waals surface area contributed by atoms with Crippen molar-refractivity contribution in [3.05, 3.63) is 42.7 Å². The lowest BCUT2D eigenvalue weighted by Crippen LogP contribution is -2.35. The fourth-order valence-corrected chi connectivity index (χ4v) is 4.22. The second-order valence-corrected chi connectivity index (χ2v) is 8.01. The van der Waals surface area contributed by atoms with Gasteiger partial charge in [-0.15, -0.1) is 0 Å². The van der Waals surface area contributed by atoms with Crippen molar-refractivity contribution in [1.82, 2.24) is 30.2 Å². The largest absolute Gasteiger partial charge is 0.386 e. The molecule has 9 nitrogen and oxygen atoms in total. The third kappa shape index (κ3) is 4.51. The fourth-order valence-electron chi connectivity index (χ4n) is 3.87. The molecule has 1 fully saturated rings. The number of fused-ring (bicyclic) bond motifs is 1. The lowest BCUT2D eigenvalue weighted by atomic mass is 9.96. The molecular weight excluding hydrogens is 410 g/mol. The molecule has 31 heavy (non-hydrogen) atoms. The zero-order valence-electron chi connectivity index (χ0n) is 17.1. The predicted octanol–water partition coefficient (Wildman–Crippen LogP) is 2.86. The zero-order chi connectivity index (χ0) is 21.6. The van der Waals surface area contributed by atoms with Crippen molar-refractivity contribution in [2.24, 2.45) is 5.92 Å². The van der Waals surface area contributed by atoms with Gasteiger partial charge in [-0.05, 0) is 30.7 Å². The zero-order valence-corrected chi connectivity index (χ0v) is 17.9. The maximum atomic E-state index is 9.38. The number of rotatable bonds is 8. The van der Waals surface area contributed by atoms with Gasteiger partial charge in [-0.25, -0.2) is 19.9 Å². The van der Waals surface area contributed by atoms with E-state index in [-0.39, 0.29) is 12.0 Å². The summed E-state index contributed by atoms with van der Waals surface area (Å²) in [5.41, 5.74) is 2.06. The number of hydrogen-bond donors (Lipinski definition) is 3. The third-order valence-corrected chi connectivity index (χ3v) is 6.03. The molecule has 2 unspecified atom stereocenters. The second-order valence-electron chi connectivity index (χ2n) is 7.24. The van der Waals surface area contributed by atoms with Gasteiger partial charge in [0.25, 0.3) is 0 Å². The summed E-state index contributed by atoms with van der Waals surface area (Å²) in [6.07, 6.45) is 11.4. The first-order chi connectivity index (χ1) is 15.2. The normalized spacial score (nSPS) is 17.5. The van der Waals surface area contributed by atoms with Crippen molar-refractivity contribution in [2.75, 3.05) is 24.2 Å². The van der Waals surface area contributed by atoms with E-state index in [1.54, 1.807) is 18.6 Å². The van der Waals surface area contributed by atoms with Gasteiger partial charge in [0.1, 0.15) is 17.8 Å². The van der Waals surface area contributed by atoms with Crippen LogP contribution in [-0.4, -0.2) is 56.5 Å². The van der Waals surface area contributed by atoms with Crippen molar-refractivity contribution < 1.29 is 0 Å². The van der Waals surface area contributed by atoms with Crippen molar-refractivity contribution in [3.8, 4) is 6.07 Å². The molecule has 1 aliphatic heterocycles. The molecule has 1 saturated heterocycles. The lowest BCUT2D eigenvalue weighted by molar-refractivity contribution is 0.418. The highest BCUT2D eigenvalue weighted by atomic mass is 32.2. The van der Waals surface area contributed by atoms with Gasteiger partial charge in [0.15, 0.2) is 5.16 Å². The monoisotopic (exact) mass is 433 g/mol. The number of hydrogen-bond acceptors (Lipinski definition) is 9. The van der Waals surface area contributed by atoms with E-state index in [1.165, 1.54) is 24.3 Å². The average molecular weight is 434 g/mol. The van der Waals surface area contributed by atoms with Crippen LogP contribution in [0.5, 0.6) is 0 Å². The highest BCUT2D eigenvalue weighted by Gasteiger charge is 2.30. The second kappa shape index (κ2) is 9.57.